The number of phenols is 2. The summed E-state index contributed by atoms with van der Waals surface area (Å²) >= 11 is 0. The molecule has 0 spiro atoms. The standard InChI is InChI=1S/C39H54O6/c1-34(2)20-21-39(33(43)44)19-14-29-37(6)16-12-27-35(3,4)31(45-32(42)11-9-24-8-10-25(40)26(41)22-24)15-18-36(27,5)28(37)13-17-38(29,7)30(39)23-34/h8-11,14,22,27-28,30-31,40-41H,12-13,15-21,23H2,1-7H3,(H,43,44)/t27-,28+,30-,31+,36-,37+,38+,39+/m0/s1. The summed E-state index contributed by atoms with van der Waals surface area (Å²) in [6, 6.07) is 4.46. The van der Waals surface area contributed by atoms with E-state index in [-0.39, 0.29) is 56.6 Å². The third kappa shape index (κ3) is 4.78. The first kappa shape index (κ1) is 32.2. The van der Waals surface area contributed by atoms with Gasteiger partial charge in [0, 0.05) is 11.5 Å². The summed E-state index contributed by atoms with van der Waals surface area (Å²) in [6.07, 6.45) is 14.8. The maximum atomic E-state index is 13.0. The van der Waals surface area contributed by atoms with Gasteiger partial charge in [-0.3, -0.25) is 4.79 Å². The number of carboxylic acids is 1. The first-order valence-electron chi connectivity index (χ1n) is 17.2. The number of hydrogen-bond acceptors (Lipinski definition) is 5. The van der Waals surface area contributed by atoms with E-state index in [1.807, 2.05) is 0 Å². The number of ether oxygens (including phenoxy) is 1. The van der Waals surface area contributed by atoms with E-state index in [9.17, 15) is 24.9 Å². The van der Waals surface area contributed by atoms with E-state index in [2.05, 4.69) is 54.5 Å². The molecule has 0 heterocycles. The highest BCUT2D eigenvalue weighted by Gasteiger charge is 2.68. The molecule has 0 unspecified atom stereocenters. The van der Waals surface area contributed by atoms with E-state index in [1.54, 1.807) is 17.7 Å². The van der Waals surface area contributed by atoms with Gasteiger partial charge >= 0.3 is 11.9 Å². The quantitative estimate of drug-likeness (QED) is 0.135. The van der Waals surface area contributed by atoms with Crippen LogP contribution < -0.4 is 0 Å². The van der Waals surface area contributed by atoms with E-state index in [1.165, 1.54) is 18.2 Å². The summed E-state index contributed by atoms with van der Waals surface area (Å²) in [5.41, 5.74) is 1.56. The highest BCUT2D eigenvalue weighted by atomic mass is 16.5. The Labute approximate surface area is 269 Å². The molecule has 0 amide bonds. The minimum Gasteiger partial charge on any atom is -0.504 e. The molecule has 4 fully saturated rings. The molecule has 5 aliphatic carbocycles. The van der Waals surface area contributed by atoms with Gasteiger partial charge in [-0.1, -0.05) is 66.2 Å². The number of allylic oxidation sites excluding steroid dienone is 2. The second-order valence-electron chi connectivity index (χ2n) is 17.6. The van der Waals surface area contributed by atoms with Gasteiger partial charge in [0.25, 0.3) is 0 Å². The van der Waals surface area contributed by atoms with Crippen LogP contribution in [0.3, 0.4) is 0 Å². The Hall–Kier alpha value is -2.76. The zero-order chi connectivity index (χ0) is 32.8. The Morgan fingerprint density at radius 1 is 0.822 bits per heavy atom. The molecule has 6 heteroatoms. The number of benzene rings is 1. The molecule has 0 saturated heterocycles. The maximum absolute atomic E-state index is 13.0. The van der Waals surface area contributed by atoms with Crippen LogP contribution in [0.2, 0.25) is 0 Å². The van der Waals surface area contributed by atoms with Crippen molar-refractivity contribution in [2.24, 2.45) is 50.2 Å². The van der Waals surface area contributed by atoms with Crippen molar-refractivity contribution in [1.82, 2.24) is 0 Å². The van der Waals surface area contributed by atoms with Gasteiger partial charge in [-0.25, -0.2) is 4.79 Å². The van der Waals surface area contributed by atoms with Crippen molar-refractivity contribution in [3.63, 3.8) is 0 Å². The SMILES string of the molecule is CC1(C)CC[C@]2(C(=O)O)CC=C3[C@]4(C)CC[C@H]5C(C)(C)[C@H](OC(=O)C=Cc6ccc(O)c(O)c6)CC[C@]5(C)[C@H]4CC[C@@]3(C)[C@@H]2C1. The van der Waals surface area contributed by atoms with Gasteiger partial charge in [-0.15, -0.1) is 0 Å². The van der Waals surface area contributed by atoms with Crippen LogP contribution in [0.5, 0.6) is 11.5 Å². The van der Waals surface area contributed by atoms with Crippen LogP contribution in [0.1, 0.15) is 118 Å². The lowest BCUT2D eigenvalue weighted by atomic mass is 9.34. The van der Waals surface area contributed by atoms with Gasteiger partial charge < -0.3 is 20.1 Å². The van der Waals surface area contributed by atoms with Gasteiger partial charge in [0.2, 0.25) is 0 Å². The number of rotatable bonds is 4. The number of carboxylic acid groups (broad SMARTS) is 1. The fourth-order valence-corrected chi connectivity index (χ4v) is 12.0. The normalized spacial score (nSPS) is 41.5. The van der Waals surface area contributed by atoms with Crippen LogP contribution in [-0.4, -0.2) is 33.4 Å². The fraction of sp³-hybridized carbons (Fsp3) is 0.692. The third-order valence-electron chi connectivity index (χ3n) is 14.4. The molecule has 0 aromatic heterocycles. The number of phenolic OH excluding ortho intramolecular Hbond substituents is 2. The molecule has 4 saturated carbocycles. The molecule has 0 aliphatic heterocycles. The van der Waals surface area contributed by atoms with Crippen LogP contribution in [0, 0.1) is 50.2 Å². The van der Waals surface area contributed by atoms with Crippen molar-refractivity contribution >= 4 is 18.0 Å². The molecule has 8 atom stereocenters. The first-order chi connectivity index (χ1) is 20.9. The maximum Gasteiger partial charge on any atom is 0.331 e. The Bertz CT molecular complexity index is 1450. The van der Waals surface area contributed by atoms with E-state index in [0.29, 0.717) is 23.8 Å². The van der Waals surface area contributed by atoms with E-state index in [0.717, 1.165) is 57.8 Å². The molecule has 6 nitrogen and oxygen atoms in total. The Kier molecular flexibility index (Phi) is 7.42. The van der Waals surface area contributed by atoms with Crippen LogP contribution in [0.25, 0.3) is 6.08 Å². The number of aromatic hydroxyl groups is 2. The zero-order valence-electron chi connectivity index (χ0n) is 28.4. The van der Waals surface area contributed by atoms with Crippen LogP contribution in [-0.2, 0) is 14.3 Å². The Balaban J connectivity index is 1.24. The van der Waals surface area contributed by atoms with Gasteiger partial charge in [0.1, 0.15) is 6.10 Å². The number of hydrogen-bond donors (Lipinski definition) is 3. The van der Waals surface area contributed by atoms with E-state index >= 15 is 0 Å². The molecule has 246 valence electrons. The highest BCUT2D eigenvalue weighted by molar-refractivity contribution is 5.87. The summed E-state index contributed by atoms with van der Waals surface area (Å²) in [7, 11) is 0. The predicted octanol–water partition coefficient (Wildman–Crippen LogP) is 8.91. The molecule has 1 aromatic rings. The molecule has 5 aliphatic rings. The smallest absolute Gasteiger partial charge is 0.331 e. The second kappa shape index (κ2) is 10.4. The van der Waals surface area contributed by atoms with E-state index in [4.69, 9.17) is 4.74 Å². The lowest BCUT2D eigenvalue weighted by Gasteiger charge is -2.70. The van der Waals surface area contributed by atoms with Gasteiger partial charge in [-0.2, -0.15) is 0 Å². The third-order valence-corrected chi connectivity index (χ3v) is 14.4. The van der Waals surface area contributed by atoms with Crippen LogP contribution in [0.15, 0.2) is 35.9 Å². The average molecular weight is 619 g/mol. The lowest BCUT2D eigenvalue weighted by molar-refractivity contribution is -0.199. The number of aliphatic carboxylic acids is 1. The van der Waals surface area contributed by atoms with Crippen molar-refractivity contribution in [1.29, 1.82) is 0 Å². The average Bonchev–Trinajstić information content (AvgIpc) is 2.94. The number of carbonyl (C=O) groups is 2. The minimum atomic E-state index is -0.640. The number of esters is 1. The van der Waals surface area contributed by atoms with Crippen molar-refractivity contribution in [2.45, 2.75) is 119 Å². The minimum absolute atomic E-state index is 0.0442. The fourth-order valence-electron chi connectivity index (χ4n) is 12.0. The Morgan fingerprint density at radius 2 is 1.49 bits per heavy atom. The molecular weight excluding hydrogens is 564 g/mol. The van der Waals surface area contributed by atoms with Gasteiger partial charge in [0.15, 0.2) is 11.5 Å². The predicted molar refractivity (Wildman–Crippen MR) is 175 cm³/mol. The largest absolute Gasteiger partial charge is 0.504 e. The first-order valence-corrected chi connectivity index (χ1v) is 17.2. The molecule has 1 aromatic carbocycles. The topological polar surface area (TPSA) is 104 Å². The monoisotopic (exact) mass is 618 g/mol. The summed E-state index contributed by atoms with van der Waals surface area (Å²) in [5.74, 6) is -0.309. The van der Waals surface area contributed by atoms with Crippen LogP contribution >= 0.6 is 0 Å². The van der Waals surface area contributed by atoms with Crippen molar-refractivity contribution in [2.75, 3.05) is 0 Å². The number of carbonyl (C=O) groups excluding carboxylic acids is 1. The van der Waals surface area contributed by atoms with Gasteiger partial charge in [-0.05, 0) is 127 Å². The molecular formula is C39H54O6. The van der Waals surface area contributed by atoms with Crippen molar-refractivity contribution in [3.8, 4) is 11.5 Å². The van der Waals surface area contributed by atoms with E-state index < -0.39 is 11.4 Å². The van der Waals surface area contributed by atoms with Crippen LogP contribution in [0.4, 0.5) is 0 Å². The van der Waals surface area contributed by atoms with Crippen molar-refractivity contribution in [3.05, 3.63) is 41.5 Å². The molecule has 6 rings (SSSR count). The summed E-state index contributed by atoms with van der Waals surface area (Å²) in [5, 5.41) is 30.0. The number of fused-ring (bicyclic) bond motifs is 7. The molecule has 0 radical (unpaired) electrons. The van der Waals surface area contributed by atoms with Gasteiger partial charge in [0.05, 0.1) is 5.41 Å². The molecule has 45 heavy (non-hydrogen) atoms. The lowest BCUT2D eigenvalue weighted by Crippen LogP contribution is -2.64. The van der Waals surface area contributed by atoms with Crippen molar-refractivity contribution < 1.29 is 29.6 Å². The second-order valence-corrected chi connectivity index (χ2v) is 17.6. The molecule has 3 N–H and O–H groups in total. The summed E-state index contributed by atoms with van der Waals surface area (Å²) < 4.78 is 6.15. The highest BCUT2D eigenvalue weighted by Crippen LogP contribution is 2.75. The summed E-state index contributed by atoms with van der Waals surface area (Å²) in [6.45, 7) is 16.7. The molecule has 0 bridgehead atoms. The zero-order valence-corrected chi connectivity index (χ0v) is 28.4. The summed E-state index contributed by atoms with van der Waals surface area (Å²) in [4.78, 5) is 26.0. The Morgan fingerprint density at radius 3 is 2.16 bits per heavy atom.